The molecule has 4 nitrogen and oxygen atoms in total. The van der Waals surface area contributed by atoms with E-state index < -0.39 is 38.8 Å². The maximum atomic E-state index is 14.5. The first-order valence-corrected chi connectivity index (χ1v) is 14.6. The molecule has 42 heavy (non-hydrogen) atoms. The molecule has 1 saturated heterocycles. The molecule has 3 aliphatic heterocycles. The fraction of sp³-hybridized carbons (Fsp3) is 0.226. The minimum atomic E-state index is -4.72. The van der Waals surface area contributed by atoms with Crippen LogP contribution in [0.5, 0.6) is 0 Å². The number of benzene rings is 4. The third kappa shape index (κ3) is 4.16. The van der Waals surface area contributed by atoms with E-state index in [0.29, 0.717) is 36.2 Å². The van der Waals surface area contributed by atoms with Gasteiger partial charge in [0.15, 0.2) is 10.6 Å². The lowest BCUT2D eigenvalue weighted by Gasteiger charge is -2.47. The van der Waals surface area contributed by atoms with Crippen molar-refractivity contribution in [1.82, 2.24) is 4.90 Å². The first-order valence-electron chi connectivity index (χ1n) is 13.0. The summed E-state index contributed by atoms with van der Waals surface area (Å²) in [6, 6.07) is 20.7. The number of likely N-dealkylation sites (tertiary alicyclic amines) is 1. The van der Waals surface area contributed by atoms with Crippen molar-refractivity contribution in [1.29, 1.82) is 0 Å². The molecule has 214 valence electrons. The Labute approximate surface area is 252 Å². The Morgan fingerprint density at radius 2 is 1.69 bits per heavy atom. The number of carbonyl (C=O) groups excluding carboxylic acids is 1. The van der Waals surface area contributed by atoms with Crippen molar-refractivity contribution < 1.29 is 27.1 Å². The van der Waals surface area contributed by atoms with Gasteiger partial charge < -0.3 is 9.64 Å². The number of carbonyl (C=O) groups is 1. The Bertz CT molecular complexity index is 1790. The maximum absolute atomic E-state index is 14.5. The Morgan fingerprint density at radius 1 is 0.976 bits per heavy atom. The summed E-state index contributed by atoms with van der Waals surface area (Å²) in [5, 5.41) is 0.910. The number of ether oxygens (including phenoxy) is 1. The van der Waals surface area contributed by atoms with E-state index in [1.54, 1.807) is 17.0 Å². The summed E-state index contributed by atoms with van der Waals surface area (Å²) < 4.78 is 65.5. The van der Waals surface area contributed by atoms with Crippen molar-refractivity contribution >= 4 is 57.5 Å². The maximum Gasteiger partial charge on any atom is 0.409 e. The molecule has 0 radical (unpaired) electrons. The third-order valence-corrected chi connectivity index (χ3v) is 10.1. The standard InChI is InChI=1S/C31H20Cl2F4N2O2S/c32-24-11-20(12-25(33)27(24)34)30(31(35,36)37)13-26(38-42-30)18-8-9-23-19(10-18)14-41-29(23)15-39(16-29)28(40)22-7-3-5-17-4-1-2-6-21(17)22/h1-12H,13-16H2. The summed E-state index contributed by atoms with van der Waals surface area (Å²) in [5.74, 6) is -1.04. The number of fused-ring (bicyclic) bond motifs is 3. The van der Waals surface area contributed by atoms with E-state index in [1.165, 1.54) is 0 Å². The van der Waals surface area contributed by atoms with Crippen molar-refractivity contribution in [2.75, 3.05) is 13.1 Å². The molecule has 4 aromatic carbocycles. The summed E-state index contributed by atoms with van der Waals surface area (Å²) in [6.07, 6.45) is -5.19. The Morgan fingerprint density at radius 3 is 2.43 bits per heavy atom. The molecular weight excluding hydrogens is 611 g/mol. The molecule has 1 atom stereocenters. The van der Waals surface area contributed by atoms with E-state index in [0.717, 1.165) is 34.0 Å². The van der Waals surface area contributed by atoms with E-state index in [-0.39, 0.29) is 23.8 Å². The third-order valence-electron chi connectivity index (χ3n) is 8.27. The Kier molecular flexibility index (Phi) is 6.40. The number of amides is 1. The lowest BCUT2D eigenvalue weighted by Crippen LogP contribution is -2.61. The predicted octanol–water partition coefficient (Wildman–Crippen LogP) is 8.47. The average Bonchev–Trinajstić information content (AvgIpc) is 3.57. The zero-order chi connectivity index (χ0) is 29.4. The van der Waals surface area contributed by atoms with Crippen LogP contribution in [0.15, 0.2) is 77.2 Å². The van der Waals surface area contributed by atoms with Crippen molar-refractivity contribution in [2.45, 2.75) is 29.6 Å². The molecule has 0 saturated carbocycles. The van der Waals surface area contributed by atoms with E-state index in [2.05, 4.69) is 4.40 Å². The van der Waals surface area contributed by atoms with Gasteiger partial charge in [0.05, 0.1) is 35.5 Å². The Balaban J connectivity index is 1.12. The lowest BCUT2D eigenvalue weighted by atomic mass is 9.83. The van der Waals surface area contributed by atoms with Gasteiger partial charge >= 0.3 is 6.18 Å². The second kappa shape index (κ2) is 9.71. The van der Waals surface area contributed by atoms with Crippen LogP contribution in [0.2, 0.25) is 10.0 Å². The molecule has 7 rings (SSSR count). The van der Waals surface area contributed by atoms with Crippen molar-refractivity contribution in [3.8, 4) is 0 Å². The fourth-order valence-corrected chi connectivity index (χ4v) is 7.49. The van der Waals surface area contributed by atoms with Crippen molar-refractivity contribution in [3.05, 3.63) is 116 Å². The van der Waals surface area contributed by atoms with Crippen LogP contribution >= 0.6 is 35.1 Å². The molecule has 3 heterocycles. The van der Waals surface area contributed by atoms with Gasteiger partial charge in [-0.1, -0.05) is 71.7 Å². The van der Waals surface area contributed by atoms with Gasteiger partial charge in [0.2, 0.25) is 0 Å². The van der Waals surface area contributed by atoms with Gasteiger partial charge in [0.1, 0.15) is 5.60 Å². The summed E-state index contributed by atoms with van der Waals surface area (Å²) in [7, 11) is 0. The van der Waals surface area contributed by atoms with Crippen LogP contribution in [0.1, 0.15) is 39.0 Å². The van der Waals surface area contributed by atoms with Crippen molar-refractivity contribution in [3.63, 3.8) is 0 Å². The second-order valence-electron chi connectivity index (χ2n) is 10.7. The van der Waals surface area contributed by atoms with Gasteiger partial charge in [-0.15, -0.1) is 0 Å². The zero-order valence-corrected chi connectivity index (χ0v) is 24.0. The molecule has 4 aromatic rings. The Hall–Kier alpha value is -3.11. The molecule has 3 aliphatic rings. The quantitative estimate of drug-likeness (QED) is 0.130. The SMILES string of the molecule is O=C(c1cccc2ccccc12)N1CC2(C1)OCc1cc(C3=NSC(c4cc(Cl)c(F)c(Cl)c4)(C(F)(F)F)C3)ccc12. The topological polar surface area (TPSA) is 41.9 Å². The van der Waals surface area contributed by atoms with Gasteiger partial charge in [-0.3, -0.25) is 4.79 Å². The zero-order valence-electron chi connectivity index (χ0n) is 21.6. The second-order valence-corrected chi connectivity index (χ2v) is 12.6. The average molecular weight is 631 g/mol. The van der Waals surface area contributed by atoms with Crippen LogP contribution < -0.4 is 0 Å². The summed E-state index contributed by atoms with van der Waals surface area (Å²) in [6.45, 7) is 1.02. The molecular formula is C31H20Cl2F4N2O2S. The largest absolute Gasteiger partial charge is 0.409 e. The lowest BCUT2D eigenvalue weighted by molar-refractivity contribution is -0.159. The van der Waals surface area contributed by atoms with Crippen LogP contribution in [0, 0.1) is 5.82 Å². The van der Waals surface area contributed by atoms with Gasteiger partial charge in [-0.05, 0) is 69.2 Å². The predicted molar refractivity (Wildman–Crippen MR) is 156 cm³/mol. The van der Waals surface area contributed by atoms with Crippen molar-refractivity contribution in [2.24, 2.45) is 4.40 Å². The van der Waals surface area contributed by atoms with Crippen LogP contribution in [0.25, 0.3) is 10.8 Å². The normalized spacial score (nSPS) is 21.0. The molecule has 1 unspecified atom stereocenters. The fourth-order valence-electron chi connectivity index (χ4n) is 6.04. The number of rotatable bonds is 3. The number of alkyl halides is 3. The van der Waals surface area contributed by atoms with Crippen LogP contribution in [0.4, 0.5) is 17.6 Å². The summed E-state index contributed by atoms with van der Waals surface area (Å²) in [5.41, 5.74) is 2.26. The van der Waals surface area contributed by atoms with Gasteiger partial charge in [-0.2, -0.15) is 13.2 Å². The van der Waals surface area contributed by atoms with E-state index >= 15 is 0 Å². The number of nitrogens with zero attached hydrogens (tertiary/aromatic N) is 2. The summed E-state index contributed by atoms with van der Waals surface area (Å²) >= 11 is 12.1. The van der Waals surface area contributed by atoms with E-state index in [4.69, 9.17) is 27.9 Å². The minimum absolute atomic E-state index is 0.0760. The molecule has 0 N–H and O–H groups in total. The highest BCUT2D eigenvalue weighted by Crippen LogP contribution is 2.57. The highest BCUT2D eigenvalue weighted by atomic mass is 35.5. The molecule has 1 fully saturated rings. The monoisotopic (exact) mass is 630 g/mol. The molecule has 1 amide bonds. The smallest absolute Gasteiger partial charge is 0.362 e. The first-order chi connectivity index (χ1) is 20.0. The molecule has 11 heteroatoms. The minimum Gasteiger partial charge on any atom is -0.362 e. The number of hydrogen-bond donors (Lipinski definition) is 0. The molecule has 0 bridgehead atoms. The first kappa shape index (κ1) is 27.7. The summed E-state index contributed by atoms with van der Waals surface area (Å²) in [4.78, 5) is 15.1. The van der Waals surface area contributed by atoms with Gasteiger partial charge in [0.25, 0.3) is 5.91 Å². The highest BCUT2D eigenvalue weighted by molar-refractivity contribution is 7.99. The van der Waals surface area contributed by atoms with E-state index in [1.807, 2.05) is 48.5 Å². The number of halogens is 6. The van der Waals surface area contributed by atoms with Gasteiger partial charge in [-0.25, -0.2) is 8.79 Å². The van der Waals surface area contributed by atoms with Gasteiger partial charge in [0, 0.05) is 12.0 Å². The molecule has 0 aliphatic carbocycles. The number of hydrogen-bond acceptors (Lipinski definition) is 4. The van der Waals surface area contributed by atoms with E-state index in [9.17, 15) is 22.4 Å². The van der Waals surface area contributed by atoms with Crippen LogP contribution in [0.3, 0.4) is 0 Å². The van der Waals surface area contributed by atoms with Crippen LogP contribution in [-0.4, -0.2) is 35.8 Å². The highest BCUT2D eigenvalue weighted by Gasteiger charge is 2.60. The molecule has 1 spiro atoms. The molecule has 0 aromatic heterocycles. The van der Waals surface area contributed by atoms with Crippen LogP contribution in [-0.2, 0) is 21.7 Å².